The summed E-state index contributed by atoms with van der Waals surface area (Å²) in [4.78, 5) is 0. The molecule has 0 aliphatic heterocycles. The lowest BCUT2D eigenvalue weighted by Crippen LogP contribution is -1.68. The van der Waals surface area contributed by atoms with Crippen molar-refractivity contribution in [2.45, 2.75) is 32.6 Å². The van der Waals surface area contributed by atoms with E-state index in [1.165, 1.54) is 12.8 Å². The zero-order valence-corrected chi connectivity index (χ0v) is 5.48. The largest absolute Gasteiger partial charge is 0.344 e. The van der Waals surface area contributed by atoms with Gasteiger partial charge in [0.15, 0.2) is 0 Å². The minimum absolute atomic E-state index is 0. The molecule has 3 N–H and O–H groups in total. The highest BCUT2D eigenvalue weighted by molar-refractivity contribution is 4.67. The summed E-state index contributed by atoms with van der Waals surface area (Å²) < 4.78 is 0. The Bertz CT molecular complexity index is 63.4. The first-order valence-corrected chi connectivity index (χ1v) is 2.78. The Morgan fingerprint density at radius 2 is 2.00 bits per heavy atom. The standard InChI is InChI=1S/C6H11N.H3N/c1-2-3-4-5-6-7;/h2-5H2,1H3;1H3. The molecule has 0 aromatic carbocycles. The molecule has 0 spiro atoms. The van der Waals surface area contributed by atoms with Gasteiger partial charge >= 0.3 is 0 Å². The van der Waals surface area contributed by atoms with Gasteiger partial charge in [0.1, 0.15) is 0 Å². The molecule has 2 heteroatoms. The predicted molar refractivity (Wildman–Crippen MR) is 34.8 cm³/mol. The molecule has 0 saturated heterocycles. The highest BCUT2D eigenvalue weighted by Gasteiger charge is 1.79. The van der Waals surface area contributed by atoms with Crippen LogP contribution in [-0.4, -0.2) is 0 Å². The molecule has 0 unspecified atom stereocenters. The second-order valence-electron chi connectivity index (χ2n) is 1.62. The molecule has 0 bridgehead atoms. The van der Waals surface area contributed by atoms with Gasteiger partial charge in [0.25, 0.3) is 0 Å². The van der Waals surface area contributed by atoms with Gasteiger partial charge in [-0.1, -0.05) is 19.8 Å². The van der Waals surface area contributed by atoms with E-state index < -0.39 is 0 Å². The van der Waals surface area contributed by atoms with Gasteiger partial charge in [-0.25, -0.2) is 0 Å². The van der Waals surface area contributed by atoms with Crippen LogP contribution in [0.3, 0.4) is 0 Å². The van der Waals surface area contributed by atoms with Crippen LogP contribution in [0.2, 0.25) is 0 Å². The lowest BCUT2D eigenvalue weighted by Gasteiger charge is -1.84. The van der Waals surface area contributed by atoms with Crippen LogP contribution < -0.4 is 6.15 Å². The molecule has 0 aromatic heterocycles. The topological polar surface area (TPSA) is 58.8 Å². The van der Waals surface area contributed by atoms with E-state index in [2.05, 4.69) is 13.0 Å². The van der Waals surface area contributed by atoms with Crippen molar-refractivity contribution in [3.8, 4) is 6.07 Å². The van der Waals surface area contributed by atoms with Crippen molar-refractivity contribution in [2.75, 3.05) is 0 Å². The molecular weight excluding hydrogens is 100 g/mol. The summed E-state index contributed by atoms with van der Waals surface area (Å²) in [5.41, 5.74) is 0. The Labute approximate surface area is 51.1 Å². The second kappa shape index (κ2) is 9.67. The maximum absolute atomic E-state index is 8.04. The summed E-state index contributed by atoms with van der Waals surface area (Å²) in [5.74, 6) is 0. The first-order valence-electron chi connectivity index (χ1n) is 2.78. The van der Waals surface area contributed by atoms with Gasteiger partial charge in [0.2, 0.25) is 0 Å². The Balaban J connectivity index is 0. The van der Waals surface area contributed by atoms with Gasteiger partial charge in [-0.2, -0.15) is 5.26 Å². The van der Waals surface area contributed by atoms with Gasteiger partial charge in [0.05, 0.1) is 6.07 Å². The second-order valence-corrected chi connectivity index (χ2v) is 1.62. The van der Waals surface area contributed by atoms with E-state index in [1.54, 1.807) is 0 Å². The zero-order chi connectivity index (χ0) is 5.54. The quantitative estimate of drug-likeness (QED) is 0.572. The van der Waals surface area contributed by atoms with Crippen LogP contribution in [0.15, 0.2) is 0 Å². The lowest BCUT2D eigenvalue weighted by atomic mass is 10.2. The summed E-state index contributed by atoms with van der Waals surface area (Å²) in [6.45, 7) is 2.14. The van der Waals surface area contributed by atoms with Crippen LogP contribution >= 0.6 is 0 Å². The fourth-order valence-corrected chi connectivity index (χ4v) is 0.454. The van der Waals surface area contributed by atoms with E-state index in [-0.39, 0.29) is 6.15 Å². The molecule has 0 aliphatic rings. The molecule has 0 radical (unpaired) electrons. The molecule has 8 heavy (non-hydrogen) atoms. The van der Waals surface area contributed by atoms with Crippen molar-refractivity contribution >= 4 is 0 Å². The van der Waals surface area contributed by atoms with E-state index in [9.17, 15) is 0 Å². The zero-order valence-electron chi connectivity index (χ0n) is 5.48. The van der Waals surface area contributed by atoms with E-state index in [1.807, 2.05) is 0 Å². The summed E-state index contributed by atoms with van der Waals surface area (Å²) in [6, 6.07) is 2.10. The van der Waals surface area contributed by atoms with Gasteiger partial charge < -0.3 is 6.15 Å². The smallest absolute Gasteiger partial charge is 0.0621 e. The van der Waals surface area contributed by atoms with E-state index in [0.29, 0.717) is 0 Å². The van der Waals surface area contributed by atoms with Gasteiger partial charge in [-0.3, -0.25) is 0 Å². The molecule has 0 fully saturated rings. The number of nitrogens with zero attached hydrogens (tertiary/aromatic N) is 1. The number of unbranched alkanes of at least 4 members (excludes halogenated alkanes) is 3. The van der Waals surface area contributed by atoms with Crippen molar-refractivity contribution in [1.82, 2.24) is 6.15 Å². The number of nitriles is 1. The normalized spacial score (nSPS) is 7.00. The SMILES string of the molecule is CCCCCC#N.N. The third-order valence-corrected chi connectivity index (χ3v) is 0.892. The third-order valence-electron chi connectivity index (χ3n) is 0.892. The number of rotatable bonds is 3. The summed E-state index contributed by atoms with van der Waals surface area (Å²) >= 11 is 0. The lowest BCUT2D eigenvalue weighted by molar-refractivity contribution is 0.734. The number of hydrogen-bond donors (Lipinski definition) is 1. The molecule has 0 amide bonds. The average Bonchev–Trinajstić information content (AvgIpc) is 1.69. The molecular formula is C6H14N2. The van der Waals surface area contributed by atoms with Crippen LogP contribution in [0.4, 0.5) is 0 Å². The monoisotopic (exact) mass is 114 g/mol. The van der Waals surface area contributed by atoms with Crippen molar-refractivity contribution in [2.24, 2.45) is 0 Å². The Morgan fingerprint density at radius 3 is 2.38 bits per heavy atom. The first kappa shape index (κ1) is 10.4. The molecule has 0 atom stereocenters. The first-order chi connectivity index (χ1) is 3.41. The maximum atomic E-state index is 8.04. The Morgan fingerprint density at radius 1 is 1.38 bits per heavy atom. The van der Waals surface area contributed by atoms with Crippen molar-refractivity contribution in [3.05, 3.63) is 0 Å². The fraction of sp³-hybridized carbons (Fsp3) is 0.833. The predicted octanol–water partition coefficient (Wildman–Crippen LogP) is 2.25. The molecule has 0 aromatic rings. The summed E-state index contributed by atoms with van der Waals surface area (Å²) in [7, 11) is 0. The molecule has 2 nitrogen and oxygen atoms in total. The fourth-order valence-electron chi connectivity index (χ4n) is 0.454. The molecule has 0 rings (SSSR count). The van der Waals surface area contributed by atoms with Crippen LogP contribution in [0, 0.1) is 11.3 Å². The highest BCUT2D eigenvalue weighted by Crippen LogP contribution is 1.95. The average molecular weight is 114 g/mol. The maximum Gasteiger partial charge on any atom is 0.0621 e. The van der Waals surface area contributed by atoms with E-state index in [0.717, 1.165) is 12.8 Å². The van der Waals surface area contributed by atoms with Crippen molar-refractivity contribution < 1.29 is 0 Å². The Kier molecular flexibility index (Phi) is 12.6. The highest BCUT2D eigenvalue weighted by atomic mass is 14.2. The molecule has 48 valence electrons. The van der Waals surface area contributed by atoms with Crippen LogP contribution in [0.25, 0.3) is 0 Å². The van der Waals surface area contributed by atoms with Gasteiger partial charge in [0, 0.05) is 6.42 Å². The minimum atomic E-state index is 0. The van der Waals surface area contributed by atoms with Crippen LogP contribution in [-0.2, 0) is 0 Å². The van der Waals surface area contributed by atoms with Gasteiger partial charge in [-0.15, -0.1) is 0 Å². The van der Waals surface area contributed by atoms with Crippen LogP contribution in [0.5, 0.6) is 0 Å². The minimum Gasteiger partial charge on any atom is -0.344 e. The van der Waals surface area contributed by atoms with Gasteiger partial charge in [-0.05, 0) is 6.42 Å². The van der Waals surface area contributed by atoms with Crippen LogP contribution in [0.1, 0.15) is 32.6 Å². The molecule has 0 aliphatic carbocycles. The van der Waals surface area contributed by atoms with Crippen molar-refractivity contribution in [1.29, 1.82) is 5.26 Å². The third kappa shape index (κ3) is 9.07. The molecule has 0 heterocycles. The summed E-state index contributed by atoms with van der Waals surface area (Å²) in [5, 5.41) is 8.04. The molecule has 0 saturated carbocycles. The Hall–Kier alpha value is -0.550. The number of hydrogen-bond acceptors (Lipinski definition) is 2. The van der Waals surface area contributed by atoms with E-state index in [4.69, 9.17) is 5.26 Å². The summed E-state index contributed by atoms with van der Waals surface area (Å²) in [6.07, 6.45) is 4.22. The van der Waals surface area contributed by atoms with Crippen molar-refractivity contribution in [3.63, 3.8) is 0 Å². The van der Waals surface area contributed by atoms with E-state index >= 15 is 0 Å².